The lowest BCUT2D eigenvalue weighted by atomic mass is 10.2. The summed E-state index contributed by atoms with van der Waals surface area (Å²) in [6.07, 6.45) is 0. The number of phenols is 1. The second-order valence-electron chi connectivity index (χ2n) is 2.01. The number of aromatic hydroxyl groups is 1. The first-order valence-electron chi connectivity index (χ1n) is 3.12. The van der Waals surface area contributed by atoms with Gasteiger partial charge in [-0.05, 0) is 17.3 Å². The van der Waals surface area contributed by atoms with Gasteiger partial charge in [0.15, 0.2) is 5.69 Å². The van der Waals surface area contributed by atoms with Crippen LogP contribution in [0.5, 0.6) is 5.75 Å². The quantitative estimate of drug-likeness (QED) is 0.635. The van der Waals surface area contributed by atoms with Crippen molar-refractivity contribution in [2.24, 2.45) is 5.18 Å². The van der Waals surface area contributed by atoms with Gasteiger partial charge < -0.3 is 10.4 Å². The van der Waals surface area contributed by atoms with Crippen LogP contribution < -0.4 is 5.32 Å². The molecule has 0 fully saturated rings. The average molecular weight is 152 g/mol. The summed E-state index contributed by atoms with van der Waals surface area (Å²) in [6, 6.07) is 4.71. The van der Waals surface area contributed by atoms with Gasteiger partial charge in [-0.2, -0.15) is 0 Å². The van der Waals surface area contributed by atoms with Crippen molar-refractivity contribution in [3.05, 3.63) is 23.1 Å². The molecule has 4 nitrogen and oxygen atoms in total. The minimum absolute atomic E-state index is 0.0509. The highest BCUT2D eigenvalue weighted by molar-refractivity contribution is 5.71. The second kappa shape index (κ2) is 3.01. The highest BCUT2D eigenvalue weighted by Crippen LogP contribution is 2.33. The lowest BCUT2D eigenvalue weighted by Crippen LogP contribution is -1.87. The fourth-order valence-electron chi connectivity index (χ4n) is 0.829. The van der Waals surface area contributed by atoms with E-state index in [0.29, 0.717) is 5.69 Å². The van der Waals surface area contributed by atoms with Crippen molar-refractivity contribution in [1.82, 2.24) is 0 Å². The first-order chi connectivity index (χ1) is 5.29. The fourth-order valence-corrected chi connectivity index (χ4v) is 0.829. The molecule has 1 aromatic carbocycles. The maximum atomic E-state index is 10.2. The molecule has 1 aromatic rings. The zero-order valence-corrected chi connectivity index (χ0v) is 6.03. The molecule has 11 heavy (non-hydrogen) atoms. The lowest BCUT2D eigenvalue weighted by Gasteiger charge is -2.02. The number of hydrogen-bond donors (Lipinski definition) is 2. The highest BCUT2D eigenvalue weighted by atomic mass is 16.3. The Kier molecular flexibility index (Phi) is 2.06. The molecule has 4 heteroatoms. The van der Waals surface area contributed by atoms with Crippen LogP contribution in [-0.2, 0) is 0 Å². The van der Waals surface area contributed by atoms with E-state index in [1.165, 1.54) is 6.07 Å². The zero-order chi connectivity index (χ0) is 8.27. The Hall–Kier alpha value is -1.58. The summed E-state index contributed by atoms with van der Waals surface area (Å²) in [5.74, 6) is -0.105. The van der Waals surface area contributed by atoms with Gasteiger partial charge in [0.2, 0.25) is 0 Å². The van der Waals surface area contributed by atoms with E-state index in [4.69, 9.17) is 5.11 Å². The van der Waals surface area contributed by atoms with E-state index < -0.39 is 0 Å². The lowest BCUT2D eigenvalue weighted by molar-refractivity contribution is 0.477. The number of nitrogens with one attached hydrogen (secondary N) is 1. The van der Waals surface area contributed by atoms with Gasteiger partial charge in [-0.15, -0.1) is 4.91 Å². The normalized spacial score (nSPS) is 9.18. The monoisotopic (exact) mass is 152 g/mol. The molecule has 0 aromatic heterocycles. The van der Waals surface area contributed by atoms with E-state index in [0.717, 1.165) is 0 Å². The Morgan fingerprint density at radius 2 is 2.27 bits per heavy atom. The molecule has 1 rings (SSSR count). The third kappa shape index (κ3) is 1.29. The summed E-state index contributed by atoms with van der Waals surface area (Å²) in [4.78, 5) is 10.2. The molecule has 58 valence electrons. The molecule has 0 heterocycles. The second-order valence-corrected chi connectivity index (χ2v) is 2.01. The van der Waals surface area contributed by atoms with Crippen LogP contribution >= 0.6 is 0 Å². The van der Waals surface area contributed by atoms with Gasteiger partial charge in [0.05, 0.1) is 5.69 Å². The molecule has 0 saturated carbocycles. The standard InChI is InChI=1S/C7H8N2O2/c1-8-5-3-2-4-6(10)7(5)9-11/h2-4,8,10H,1H3. The predicted octanol–water partition coefficient (Wildman–Crippen LogP) is 1.83. The van der Waals surface area contributed by atoms with Gasteiger partial charge in [0.1, 0.15) is 5.75 Å². The van der Waals surface area contributed by atoms with Crippen LogP contribution in [0.2, 0.25) is 0 Å². The van der Waals surface area contributed by atoms with E-state index in [2.05, 4.69) is 10.5 Å². The zero-order valence-electron chi connectivity index (χ0n) is 6.03. The van der Waals surface area contributed by atoms with Gasteiger partial charge >= 0.3 is 0 Å². The molecule has 0 aliphatic heterocycles. The molecule has 0 radical (unpaired) electrons. The van der Waals surface area contributed by atoms with E-state index in [1.54, 1.807) is 19.2 Å². The van der Waals surface area contributed by atoms with Crippen LogP contribution in [0.4, 0.5) is 11.4 Å². The van der Waals surface area contributed by atoms with Crippen LogP contribution in [0.25, 0.3) is 0 Å². The Bertz CT molecular complexity index is 273. The predicted molar refractivity (Wildman–Crippen MR) is 43.1 cm³/mol. The molecular formula is C7H8N2O2. The summed E-state index contributed by atoms with van der Waals surface area (Å²) in [6.45, 7) is 0. The third-order valence-corrected chi connectivity index (χ3v) is 1.38. The van der Waals surface area contributed by atoms with Crippen LogP contribution in [0.3, 0.4) is 0 Å². The largest absolute Gasteiger partial charge is 0.505 e. The molecule has 0 spiro atoms. The van der Waals surface area contributed by atoms with Gasteiger partial charge in [-0.25, -0.2) is 0 Å². The minimum atomic E-state index is -0.105. The number of nitroso groups, excluding NO2 is 1. The molecule has 0 aliphatic rings. The number of anilines is 1. The van der Waals surface area contributed by atoms with Gasteiger partial charge in [0.25, 0.3) is 0 Å². The number of phenolic OH excluding ortho intramolecular Hbond substituents is 1. The van der Waals surface area contributed by atoms with Crippen molar-refractivity contribution in [3.63, 3.8) is 0 Å². The van der Waals surface area contributed by atoms with Crippen molar-refractivity contribution >= 4 is 11.4 Å². The minimum Gasteiger partial charge on any atom is -0.505 e. The Labute approximate surface area is 63.8 Å². The third-order valence-electron chi connectivity index (χ3n) is 1.38. The van der Waals surface area contributed by atoms with Crippen LogP contribution in [0.15, 0.2) is 23.4 Å². The summed E-state index contributed by atoms with van der Waals surface area (Å²) in [7, 11) is 1.66. The van der Waals surface area contributed by atoms with Gasteiger partial charge in [0, 0.05) is 7.05 Å². The van der Waals surface area contributed by atoms with E-state index in [1.807, 2.05) is 0 Å². The number of rotatable bonds is 2. The Morgan fingerprint density at radius 1 is 1.55 bits per heavy atom. The smallest absolute Gasteiger partial charge is 0.172 e. The van der Waals surface area contributed by atoms with Crippen LogP contribution in [0.1, 0.15) is 0 Å². The fraction of sp³-hybridized carbons (Fsp3) is 0.143. The molecule has 0 atom stereocenters. The van der Waals surface area contributed by atoms with Crippen molar-refractivity contribution in [2.75, 3.05) is 12.4 Å². The number of hydrogen-bond acceptors (Lipinski definition) is 4. The SMILES string of the molecule is CNc1cccc(O)c1N=O. The average Bonchev–Trinajstić information content (AvgIpc) is 2.04. The molecule has 0 saturated heterocycles. The molecular weight excluding hydrogens is 144 g/mol. The Balaban J connectivity index is 3.24. The first-order valence-corrected chi connectivity index (χ1v) is 3.12. The maximum Gasteiger partial charge on any atom is 0.172 e. The highest BCUT2D eigenvalue weighted by Gasteiger charge is 2.04. The van der Waals surface area contributed by atoms with Crippen molar-refractivity contribution < 1.29 is 5.11 Å². The van der Waals surface area contributed by atoms with Crippen molar-refractivity contribution in [3.8, 4) is 5.75 Å². The number of nitrogens with zero attached hydrogens (tertiary/aromatic N) is 1. The van der Waals surface area contributed by atoms with Crippen LogP contribution in [-0.4, -0.2) is 12.2 Å². The first kappa shape index (κ1) is 7.53. The summed E-state index contributed by atoms with van der Waals surface area (Å²) in [5, 5.41) is 14.5. The van der Waals surface area contributed by atoms with E-state index >= 15 is 0 Å². The topological polar surface area (TPSA) is 61.7 Å². The summed E-state index contributed by atoms with van der Waals surface area (Å²) >= 11 is 0. The molecule has 0 amide bonds. The summed E-state index contributed by atoms with van der Waals surface area (Å²) < 4.78 is 0. The van der Waals surface area contributed by atoms with Crippen molar-refractivity contribution in [1.29, 1.82) is 0 Å². The van der Waals surface area contributed by atoms with E-state index in [-0.39, 0.29) is 11.4 Å². The van der Waals surface area contributed by atoms with Crippen molar-refractivity contribution in [2.45, 2.75) is 0 Å². The van der Waals surface area contributed by atoms with Crippen LogP contribution in [0, 0.1) is 4.91 Å². The molecule has 0 aliphatic carbocycles. The molecule has 0 unspecified atom stereocenters. The van der Waals surface area contributed by atoms with E-state index in [9.17, 15) is 4.91 Å². The Morgan fingerprint density at radius 3 is 2.73 bits per heavy atom. The maximum absolute atomic E-state index is 10.2. The summed E-state index contributed by atoms with van der Waals surface area (Å²) in [5.41, 5.74) is 0.579. The molecule has 0 bridgehead atoms. The number of benzene rings is 1. The molecule has 2 N–H and O–H groups in total. The van der Waals surface area contributed by atoms with Gasteiger partial charge in [-0.1, -0.05) is 6.07 Å². The van der Waals surface area contributed by atoms with Gasteiger partial charge in [-0.3, -0.25) is 0 Å².